The molecular formula is C16H14N2O3. The highest BCUT2D eigenvalue weighted by molar-refractivity contribution is 5.52. The largest absolute Gasteiger partial charge is 0.490 e. The highest BCUT2D eigenvalue weighted by Gasteiger charge is 2.21. The Morgan fingerprint density at radius 3 is 2.76 bits per heavy atom. The van der Waals surface area contributed by atoms with E-state index in [4.69, 9.17) is 25.2 Å². The lowest BCUT2D eigenvalue weighted by Gasteiger charge is -2.26. The molecule has 0 spiro atoms. The van der Waals surface area contributed by atoms with Gasteiger partial charge in [0.25, 0.3) is 0 Å². The van der Waals surface area contributed by atoms with Crippen LogP contribution in [0.5, 0.6) is 17.2 Å². The van der Waals surface area contributed by atoms with Crippen LogP contribution in [0.2, 0.25) is 0 Å². The summed E-state index contributed by atoms with van der Waals surface area (Å²) in [5, 5.41) is 8.74. The van der Waals surface area contributed by atoms with E-state index in [1.54, 1.807) is 42.5 Å². The molecular weight excluding hydrogens is 268 g/mol. The fourth-order valence-corrected chi connectivity index (χ4v) is 2.03. The number of hydrogen-bond donors (Lipinski definition) is 1. The molecule has 2 aromatic rings. The molecule has 1 aliphatic heterocycles. The number of nitrogen functional groups attached to an aromatic ring is 1. The highest BCUT2D eigenvalue weighted by atomic mass is 16.6. The molecule has 5 nitrogen and oxygen atoms in total. The molecule has 5 heteroatoms. The Morgan fingerprint density at radius 1 is 1.19 bits per heavy atom. The van der Waals surface area contributed by atoms with Crippen LogP contribution in [0.15, 0.2) is 42.5 Å². The molecule has 2 aromatic carbocycles. The number of nitrogens with zero attached hydrogens (tertiary/aromatic N) is 1. The molecule has 0 bridgehead atoms. The normalized spacial score (nSPS) is 16.0. The molecule has 21 heavy (non-hydrogen) atoms. The van der Waals surface area contributed by atoms with Crippen molar-refractivity contribution in [2.75, 3.05) is 18.9 Å². The summed E-state index contributed by atoms with van der Waals surface area (Å²) in [5.41, 5.74) is 6.96. The number of nitrogens with two attached hydrogens (primary N) is 1. The Kier molecular flexibility index (Phi) is 3.52. The third-order valence-corrected chi connectivity index (χ3v) is 3.11. The van der Waals surface area contributed by atoms with Gasteiger partial charge in [0.1, 0.15) is 19.0 Å². The second-order valence-corrected chi connectivity index (χ2v) is 4.70. The Morgan fingerprint density at radius 2 is 2.00 bits per heavy atom. The van der Waals surface area contributed by atoms with E-state index in [1.165, 1.54) is 0 Å². The molecule has 1 atom stereocenters. The van der Waals surface area contributed by atoms with E-state index in [1.807, 2.05) is 0 Å². The predicted octanol–water partition coefficient (Wildman–Crippen LogP) is 2.36. The summed E-state index contributed by atoms with van der Waals surface area (Å²) in [6.45, 7) is 0.785. The van der Waals surface area contributed by atoms with Crippen LogP contribution in [0.4, 0.5) is 5.69 Å². The Labute approximate surface area is 122 Å². The average Bonchev–Trinajstić information content (AvgIpc) is 2.53. The topological polar surface area (TPSA) is 77.5 Å². The monoisotopic (exact) mass is 282 g/mol. The molecule has 0 fully saturated rings. The summed E-state index contributed by atoms with van der Waals surface area (Å²) >= 11 is 0. The van der Waals surface area contributed by atoms with E-state index in [2.05, 4.69) is 6.07 Å². The summed E-state index contributed by atoms with van der Waals surface area (Å²) in [4.78, 5) is 0. The van der Waals surface area contributed by atoms with Crippen LogP contribution in [0.3, 0.4) is 0 Å². The van der Waals surface area contributed by atoms with E-state index in [0.717, 1.165) is 0 Å². The first-order valence-corrected chi connectivity index (χ1v) is 6.56. The van der Waals surface area contributed by atoms with Crippen molar-refractivity contribution < 1.29 is 14.2 Å². The molecule has 0 amide bonds. The number of anilines is 1. The fourth-order valence-electron chi connectivity index (χ4n) is 2.03. The predicted molar refractivity (Wildman–Crippen MR) is 77.4 cm³/mol. The van der Waals surface area contributed by atoms with Gasteiger partial charge >= 0.3 is 0 Å². The SMILES string of the molecule is N#Cc1ccc(OCC2COc3ccc(N)cc3O2)cc1. The second-order valence-electron chi connectivity index (χ2n) is 4.70. The van der Waals surface area contributed by atoms with Gasteiger partial charge in [-0.3, -0.25) is 0 Å². The molecule has 106 valence electrons. The van der Waals surface area contributed by atoms with Crippen molar-refractivity contribution in [1.82, 2.24) is 0 Å². The van der Waals surface area contributed by atoms with Crippen LogP contribution in [-0.2, 0) is 0 Å². The van der Waals surface area contributed by atoms with Gasteiger partial charge in [-0.25, -0.2) is 0 Å². The maximum absolute atomic E-state index is 8.74. The lowest BCUT2D eigenvalue weighted by atomic mass is 10.2. The molecule has 2 N–H and O–H groups in total. The summed E-state index contributed by atoms with van der Waals surface area (Å²) in [5.74, 6) is 2.02. The van der Waals surface area contributed by atoms with Gasteiger partial charge < -0.3 is 19.9 Å². The zero-order valence-electron chi connectivity index (χ0n) is 11.3. The number of ether oxygens (including phenoxy) is 3. The van der Waals surface area contributed by atoms with Crippen LogP contribution in [-0.4, -0.2) is 19.3 Å². The Balaban J connectivity index is 1.60. The first-order chi connectivity index (χ1) is 10.2. The van der Waals surface area contributed by atoms with Gasteiger partial charge in [-0.1, -0.05) is 0 Å². The minimum absolute atomic E-state index is 0.199. The maximum Gasteiger partial charge on any atom is 0.166 e. The quantitative estimate of drug-likeness (QED) is 0.874. The molecule has 1 unspecified atom stereocenters. The zero-order valence-corrected chi connectivity index (χ0v) is 11.3. The minimum atomic E-state index is -0.199. The van der Waals surface area contributed by atoms with Gasteiger partial charge in [-0.15, -0.1) is 0 Å². The third kappa shape index (κ3) is 3.00. The number of fused-ring (bicyclic) bond motifs is 1. The van der Waals surface area contributed by atoms with Crippen molar-refractivity contribution in [3.05, 3.63) is 48.0 Å². The van der Waals surface area contributed by atoms with Crippen LogP contribution in [0.25, 0.3) is 0 Å². The average molecular weight is 282 g/mol. The second kappa shape index (κ2) is 5.63. The standard InChI is InChI=1S/C16H14N2O3/c17-8-11-1-4-13(5-2-11)19-9-14-10-20-15-6-3-12(18)7-16(15)21-14/h1-7,14H,9-10,18H2. The Hall–Kier alpha value is -2.87. The van der Waals surface area contributed by atoms with Gasteiger partial charge in [-0.2, -0.15) is 5.26 Å². The van der Waals surface area contributed by atoms with Crippen LogP contribution < -0.4 is 19.9 Å². The minimum Gasteiger partial charge on any atom is -0.490 e. The molecule has 3 rings (SSSR count). The number of nitriles is 1. The van der Waals surface area contributed by atoms with Crippen molar-refractivity contribution in [2.24, 2.45) is 0 Å². The van der Waals surface area contributed by atoms with E-state index in [-0.39, 0.29) is 6.10 Å². The van der Waals surface area contributed by atoms with Crippen LogP contribution in [0.1, 0.15) is 5.56 Å². The van der Waals surface area contributed by atoms with Crippen molar-refractivity contribution in [2.45, 2.75) is 6.10 Å². The van der Waals surface area contributed by atoms with Gasteiger partial charge in [0, 0.05) is 11.8 Å². The highest BCUT2D eigenvalue weighted by Crippen LogP contribution is 2.33. The van der Waals surface area contributed by atoms with Crippen LogP contribution >= 0.6 is 0 Å². The molecule has 0 aromatic heterocycles. The van der Waals surface area contributed by atoms with E-state index in [0.29, 0.717) is 41.7 Å². The van der Waals surface area contributed by atoms with Crippen molar-refractivity contribution in [1.29, 1.82) is 5.26 Å². The first-order valence-electron chi connectivity index (χ1n) is 6.56. The number of rotatable bonds is 3. The lowest BCUT2D eigenvalue weighted by molar-refractivity contribution is 0.0536. The fraction of sp³-hybridized carbons (Fsp3) is 0.188. The number of benzene rings is 2. The maximum atomic E-state index is 8.74. The van der Waals surface area contributed by atoms with E-state index < -0.39 is 0 Å². The Bertz CT molecular complexity index is 677. The summed E-state index contributed by atoms with van der Waals surface area (Å²) in [6, 6.07) is 14.3. The summed E-state index contributed by atoms with van der Waals surface area (Å²) < 4.78 is 17.1. The number of hydrogen-bond acceptors (Lipinski definition) is 5. The van der Waals surface area contributed by atoms with E-state index in [9.17, 15) is 0 Å². The molecule has 0 saturated carbocycles. The van der Waals surface area contributed by atoms with Gasteiger partial charge in [-0.05, 0) is 36.4 Å². The van der Waals surface area contributed by atoms with Crippen LogP contribution in [0, 0.1) is 11.3 Å². The van der Waals surface area contributed by atoms with E-state index >= 15 is 0 Å². The van der Waals surface area contributed by atoms with Gasteiger partial charge in [0.05, 0.1) is 11.6 Å². The molecule has 0 saturated heterocycles. The van der Waals surface area contributed by atoms with Gasteiger partial charge in [0.2, 0.25) is 0 Å². The van der Waals surface area contributed by atoms with Crippen molar-refractivity contribution in [3.63, 3.8) is 0 Å². The summed E-state index contributed by atoms with van der Waals surface area (Å²) in [7, 11) is 0. The van der Waals surface area contributed by atoms with Gasteiger partial charge in [0.15, 0.2) is 17.6 Å². The first kappa shape index (κ1) is 13.1. The lowest BCUT2D eigenvalue weighted by Crippen LogP contribution is -2.34. The molecule has 0 aliphatic carbocycles. The third-order valence-electron chi connectivity index (χ3n) is 3.11. The molecule has 0 radical (unpaired) electrons. The van der Waals surface area contributed by atoms with Crippen molar-refractivity contribution in [3.8, 4) is 23.3 Å². The molecule has 1 aliphatic rings. The van der Waals surface area contributed by atoms with Crippen molar-refractivity contribution >= 4 is 5.69 Å². The molecule has 1 heterocycles. The smallest absolute Gasteiger partial charge is 0.166 e. The zero-order chi connectivity index (χ0) is 14.7. The summed E-state index contributed by atoms with van der Waals surface area (Å²) in [6.07, 6.45) is -0.199.